The molecular weight excluding hydrogens is 208 g/mol. The van der Waals surface area contributed by atoms with Gasteiger partial charge in [-0.2, -0.15) is 0 Å². The predicted octanol–water partition coefficient (Wildman–Crippen LogP) is 1.41. The number of hydrogen-bond donors (Lipinski definition) is 4. The van der Waals surface area contributed by atoms with E-state index >= 15 is 0 Å². The van der Waals surface area contributed by atoms with Crippen LogP contribution in [0, 0.1) is 0 Å². The van der Waals surface area contributed by atoms with Crippen LogP contribution in [0.25, 0.3) is 0 Å². The third-order valence-electron chi connectivity index (χ3n) is 2.07. The minimum Gasteiger partial charge on any atom is -0.396 e. The summed E-state index contributed by atoms with van der Waals surface area (Å²) in [7, 11) is 0. The van der Waals surface area contributed by atoms with E-state index in [2.05, 4.69) is 0 Å². The Balaban J connectivity index is 0. The first-order valence-electron chi connectivity index (χ1n) is 6.14. The van der Waals surface area contributed by atoms with Crippen molar-refractivity contribution >= 4 is 0 Å². The molecule has 0 bridgehead atoms. The lowest BCUT2D eigenvalue weighted by Crippen LogP contribution is -2.22. The standard InChI is InChI=1S/2C6H14O2/c1-3-4-5-6(2,7)8;7-5-3-1-2-4-6-8/h7-8H,3-5H2,1-2H3;7-8H,1-6H2. The lowest BCUT2D eigenvalue weighted by Gasteiger charge is -2.13. The van der Waals surface area contributed by atoms with Crippen molar-refractivity contribution < 1.29 is 20.4 Å². The molecule has 0 aromatic rings. The topological polar surface area (TPSA) is 80.9 Å². The molecule has 0 fully saturated rings. The van der Waals surface area contributed by atoms with Gasteiger partial charge in [-0.05, 0) is 26.2 Å². The Morgan fingerprint density at radius 1 is 0.812 bits per heavy atom. The largest absolute Gasteiger partial charge is 0.396 e. The fraction of sp³-hybridized carbons (Fsp3) is 1.00. The molecule has 0 radical (unpaired) electrons. The van der Waals surface area contributed by atoms with Crippen LogP contribution < -0.4 is 0 Å². The van der Waals surface area contributed by atoms with Crippen LogP contribution in [0.5, 0.6) is 0 Å². The zero-order valence-corrected chi connectivity index (χ0v) is 10.7. The Bertz CT molecular complexity index is 115. The first-order valence-corrected chi connectivity index (χ1v) is 6.14. The van der Waals surface area contributed by atoms with Gasteiger partial charge in [0.15, 0.2) is 5.79 Å². The first kappa shape index (κ1) is 18.2. The second-order valence-electron chi connectivity index (χ2n) is 4.18. The van der Waals surface area contributed by atoms with E-state index in [1.807, 2.05) is 6.92 Å². The molecule has 0 aromatic carbocycles. The maximum Gasteiger partial charge on any atom is 0.159 e. The highest BCUT2D eigenvalue weighted by Gasteiger charge is 2.12. The zero-order valence-electron chi connectivity index (χ0n) is 10.7. The normalized spacial score (nSPS) is 10.9. The third-order valence-corrected chi connectivity index (χ3v) is 2.07. The Labute approximate surface area is 98.9 Å². The molecule has 0 spiro atoms. The van der Waals surface area contributed by atoms with E-state index in [9.17, 15) is 0 Å². The van der Waals surface area contributed by atoms with Crippen molar-refractivity contribution in [3.05, 3.63) is 0 Å². The smallest absolute Gasteiger partial charge is 0.159 e. The van der Waals surface area contributed by atoms with Crippen molar-refractivity contribution in [1.29, 1.82) is 0 Å². The van der Waals surface area contributed by atoms with Gasteiger partial charge < -0.3 is 20.4 Å². The average molecular weight is 236 g/mol. The van der Waals surface area contributed by atoms with E-state index in [0.29, 0.717) is 6.42 Å². The van der Waals surface area contributed by atoms with E-state index in [-0.39, 0.29) is 13.2 Å². The van der Waals surface area contributed by atoms with Gasteiger partial charge in [0.25, 0.3) is 0 Å². The number of unbranched alkanes of at least 4 members (excludes halogenated alkanes) is 4. The molecule has 16 heavy (non-hydrogen) atoms. The third kappa shape index (κ3) is 23.6. The van der Waals surface area contributed by atoms with Crippen molar-refractivity contribution in [1.82, 2.24) is 0 Å². The highest BCUT2D eigenvalue weighted by Crippen LogP contribution is 2.07. The molecule has 0 aromatic heterocycles. The Morgan fingerprint density at radius 3 is 1.44 bits per heavy atom. The van der Waals surface area contributed by atoms with Gasteiger partial charge in [0, 0.05) is 19.6 Å². The van der Waals surface area contributed by atoms with Crippen LogP contribution in [0.3, 0.4) is 0 Å². The molecule has 0 saturated heterocycles. The lowest BCUT2D eigenvalue weighted by atomic mass is 10.1. The summed E-state index contributed by atoms with van der Waals surface area (Å²) >= 11 is 0. The van der Waals surface area contributed by atoms with E-state index in [1.54, 1.807) is 0 Å². The Kier molecular flexibility index (Phi) is 14.7. The van der Waals surface area contributed by atoms with E-state index in [1.165, 1.54) is 6.92 Å². The average Bonchev–Trinajstić information content (AvgIpc) is 2.22. The van der Waals surface area contributed by atoms with E-state index < -0.39 is 5.79 Å². The van der Waals surface area contributed by atoms with Gasteiger partial charge in [0.1, 0.15) is 0 Å². The quantitative estimate of drug-likeness (QED) is 0.379. The monoisotopic (exact) mass is 236 g/mol. The summed E-state index contributed by atoms with van der Waals surface area (Å²) in [5.41, 5.74) is 0. The summed E-state index contributed by atoms with van der Waals surface area (Å²) in [6, 6.07) is 0. The minimum atomic E-state index is -1.45. The Hall–Kier alpha value is -0.160. The van der Waals surface area contributed by atoms with Crippen molar-refractivity contribution in [3.63, 3.8) is 0 Å². The molecule has 0 unspecified atom stereocenters. The van der Waals surface area contributed by atoms with Crippen molar-refractivity contribution in [3.8, 4) is 0 Å². The van der Waals surface area contributed by atoms with Gasteiger partial charge in [-0.3, -0.25) is 0 Å². The lowest BCUT2D eigenvalue weighted by molar-refractivity contribution is -0.150. The van der Waals surface area contributed by atoms with Gasteiger partial charge in [-0.25, -0.2) is 0 Å². The van der Waals surface area contributed by atoms with Gasteiger partial charge in [-0.15, -0.1) is 0 Å². The van der Waals surface area contributed by atoms with Gasteiger partial charge in [0.2, 0.25) is 0 Å². The zero-order chi connectivity index (χ0) is 12.9. The molecule has 0 aliphatic carbocycles. The highest BCUT2D eigenvalue weighted by atomic mass is 16.5. The first-order chi connectivity index (χ1) is 7.47. The van der Waals surface area contributed by atoms with Gasteiger partial charge in [0.05, 0.1) is 0 Å². The van der Waals surface area contributed by atoms with Crippen LogP contribution in [-0.2, 0) is 0 Å². The van der Waals surface area contributed by atoms with Crippen molar-refractivity contribution in [2.45, 2.75) is 64.6 Å². The fourth-order valence-electron chi connectivity index (χ4n) is 1.09. The molecule has 0 rings (SSSR count). The maximum absolute atomic E-state index is 8.70. The van der Waals surface area contributed by atoms with Crippen molar-refractivity contribution in [2.24, 2.45) is 0 Å². The number of aliphatic hydroxyl groups excluding tert-OH is 2. The highest BCUT2D eigenvalue weighted by molar-refractivity contribution is 4.53. The SMILES string of the molecule is CCCCC(C)(O)O.OCCCCCCO. The minimum absolute atomic E-state index is 0.283. The summed E-state index contributed by atoms with van der Waals surface area (Å²) in [6.07, 6.45) is 6.19. The number of hydrogen-bond acceptors (Lipinski definition) is 4. The van der Waals surface area contributed by atoms with Gasteiger partial charge in [-0.1, -0.05) is 26.2 Å². The predicted molar refractivity (Wildman–Crippen MR) is 65.0 cm³/mol. The molecular formula is C12H28O4. The molecule has 0 heterocycles. The van der Waals surface area contributed by atoms with Crippen LogP contribution in [0.15, 0.2) is 0 Å². The van der Waals surface area contributed by atoms with Crippen LogP contribution in [0.4, 0.5) is 0 Å². The molecule has 0 aliphatic heterocycles. The molecule has 0 saturated carbocycles. The van der Waals surface area contributed by atoms with Crippen LogP contribution in [0.1, 0.15) is 58.8 Å². The van der Waals surface area contributed by atoms with Gasteiger partial charge >= 0.3 is 0 Å². The van der Waals surface area contributed by atoms with Crippen LogP contribution >= 0.6 is 0 Å². The summed E-state index contributed by atoms with van der Waals surface area (Å²) in [5, 5.41) is 34.0. The summed E-state index contributed by atoms with van der Waals surface area (Å²) in [6.45, 7) is 3.99. The van der Waals surface area contributed by atoms with Crippen LogP contribution in [0.2, 0.25) is 0 Å². The molecule has 0 aliphatic rings. The molecule has 0 amide bonds. The van der Waals surface area contributed by atoms with E-state index in [4.69, 9.17) is 20.4 Å². The molecule has 4 heteroatoms. The molecule has 4 N–H and O–H groups in total. The number of rotatable bonds is 8. The summed E-state index contributed by atoms with van der Waals surface area (Å²) in [4.78, 5) is 0. The van der Waals surface area contributed by atoms with E-state index in [0.717, 1.165) is 38.5 Å². The summed E-state index contributed by atoms with van der Waals surface area (Å²) < 4.78 is 0. The molecule has 4 nitrogen and oxygen atoms in total. The maximum atomic E-state index is 8.70. The van der Waals surface area contributed by atoms with Crippen molar-refractivity contribution in [2.75, 3.05) is 13.2 Å². The van der Waals surface area contributed by atoms with Crippen LogP contribution in [-0.4, -0.2) is 39.4 Å². The fourth-order valence-corrected chi connectivity index (χ4v) is 1.09. The second kappa shape index (κ2) is 12.9. The summed E-state index contributed by atoms with van der Waals surface area (Å²) in [5.74, 6) is -1.45. The Morgan fingerprint density at radius 2 is 1.25 bits per heavy atom. The second-order valence-corrected chi connectivity index (χ2v) is 4.18. The molecule has 0 atom stereocenters. The number of aliphatic hydroxyl groups is 4. The molecule has 100 valence electrons.